The Hall–Kier alpha value is -1.13. The zero-order chi connectivity index (χ0) is 11.5. The molecular weight excluding hydrogens is 204 g/mol. The Bertz CT molecular complexity index is 357. The van der Waals surface area contributed by atoms with Crippen molar-refractivity contribution in [2.45, 2.75) is 26.0 Å². The number of aromatic nitrogens is 1. The minimum Gasteiger partial charge on any atom is -0.394 e. The molecule has 0 spiro atoms. The van der Waals surface area contributed by atoms with Gasteiger partial charge in [0.05, 0.1) is 25.4 Å². The third-order valence-electron chi connectivity index (χ3n) is 2.90. The molecule has 2 heterocycles. The van der Waals surface area contributed by atoms with E-state index in [1.54, 1.807) is 0 Å². The molecule has 4 heteroatoms. The van der Waals surface area contributed by atoms with E-state index in [-0.39, 0.29) is 12.7 Å². The maximum absolute atomic E-state index is 9.12. The van der Waals surface area contributed by atoms with Crippen molar-refractivity contribution in [3.8, 4) is 0 Å². The van der Waals surface area contributed by atoms with E-state index in [9.17, 15) is 0 Å². The van der Waals surface area contributed by atoms with E-state index in [4.69, 9.17) is 9.84 Å². The van der Waals surface area contributed by atoms with Crippen LogP contribution in [0.1, 0.15) is 12.5 Å². The molecule has 0 saturated carbocycles. The molecule has 0 aliphatic carbocycles. The van der Waals surface area contributed by atoms with Crippen LogP contribution in [0.4, 0.5) is 5.82 Å². The number of hydrogen-bond donors (Lipinski definition) is 1. The molecule has 1 N–H and O–H groups in total. The largest absolute Gasteiger partial charge is 0.394 e. The van der Waals surface area contributed by atoms with Gasteiger partial charge in [0.1, 0.15) is 5.82 Å². The van der Waals surface area contributed by atoms with Crippen molar-refractivity contribution in [2.75, 3.05) is 24.7 Å². The van der Waals surface area contributed by atoms with Gasteiger partial charge in [-0.3, -0.25) is 0 Å². The number of aryl methyl sites for hydroxylation is 1. The number of hydrogen-bond acceptors (Lipinski definition) is 4. The van der Waals surface area contributed by atoms with Gasteiger partial charge in [-0.2, -0.15) is 0 Å². The van der Waals surface area contributed by atoms with Crippen molar-refractivity contribution in [2.24, 2.45) is 0 Å². The van der Waals surface area contributed by atoms with Crippen LogP contribution in [0.25, 0.3) is 0 Å². The number of anilines is 1. The Labute approximate surface area is 95.9 Å². The van der Waals surface area contributed by atoms with E-state index in [1.165, 1.54) is 5.56 Å². The molecule has 4 nitrogen and oxygen atoms in total. The highest BCUT2D eigenvalue weighted by Gasteiger charge is 2.26. The summed E-state index contributed by atoms with van der Waals surface area (Å²) in [4.78, 5) is 6.56. The topological polar surface area (TPSA) is 45.6 Å². The van der Waals surface area contributed by atoms with Crippen LogP contribution in [0.5, 0.6) is 0 Å². The summed E-state index contributed by atoms with van der Waals surface area (Å²) in [5.41, 5.74) is 1.20. The maximum atomic E-state index is 9.12. The van der Waals surface area contributed by atoms with Gasteiger partial charge in [0.2, 0.25) is 0 Å². The third kappa shape index (κ3) is 2.33. The highest BCUT2D eigenvalue weighted by Crippen LogP contribution is 2.20. The fraction of sp³-hybridized carbons (Fsp3) is 0.583. The molecule has 2 rings (SSSR count). The lowest BCUT2D eigenvalue weighted by molar-refractivity contribution is -0.0105. The minimum atomic E-state index is -0.0986. The van der Waals surface area contributed by atoms with Gasteiger partial charge in [0, 0.05) is 12.7 Å². The van der Waals surface area contributed by atoms with E-state index in [0.717, 1.165) is 5.82 Å². The van der Waals surface area contributed by atoms with Crippen molar-refractivity contribution in [1.29, 1.82) is 0 Å². The average Bonchev–Trinajstić information content (AvgIpc) is 2.30. The monoisotopic (exact) mass is 222 g/mol. The molecule has 1 aliphatic heterocycles. The summed E-state index contributed by atoms with van der Waals surface area (Å²) in [5, 5.41) is 9.12. The van der Waals surface area contributed by atoms with Crippen molar-refractivity contribution >= 4 is 5.82 Å². The molecule has 1 saturated heterocycles. The second kappa shape index (κ2) is 4.80. The zero-order valence-electron chi connectivity index (χ0n) is 9.76. The molecule has 1 aromatic rings. The predicted molar refractivity (Wildman–Crippen MR) is 62.6 cm³/mol. The Balaban J connectivity index is 2.17. The van der Waals surface area contributed by atoms with E-state index in [2.05, 4.69) is 29.8 Å². The summed E-state index contributed by atoms with van der Waals surface area (Å²) in [7, 11) is 0. The first kappa shape index (κ1) is 11.4. The summed E-state index contributed by atoms with van der Waals surface area (Å²) in [6.07, 6.45) is 1.72. The average molecular weight is 222 g/mol. The number of morpholine rings is 1. The van der Waals surface area contributed by atoms with Crippen molar-refractivity contribution < 1.29 is 9.84 Å². The number of nitrogens with zero attached hydrogens (tertiary/aromatic N) is 2. The first-order valence-corrected chi connectivity index (χ1v) is 5.62. The molecule has 0 bridgehead atoms. The molecule has 1 fully saturated rings. The fourth-order valence-electron chi connectivity index (χ4n) is 1.92. The molecular formula is C12H18N2O2. The van der Waals surface area contributed by atoms with Crippen LogP contribution < -0.4 is 4.90 Å². The van der Waals surface area contributed by atoms with E-state index >= 15 is 0 Å². The highest BCUT2D eigenvalue weighted by atomic mass is 16.5. The van der Waals surface area contributed by atoms with Gasteiger partial charge < -0.3 is 14.7 Å². The molecule has 2 unspecified atom stereocenters. The molecule has 88 valence electrons. The quantitative estimate of drug-likeness (QED) is 0.810. The molecule has 16 heavy (non-hydrogen) atoms. The second-order valence-electron chi connectivity index (χ2n) is 4.33. The second-order valence-corrected chi connectivity index (χ2v) is 4.33. The maximum Gasteiger partial charge on any atom is 0.129 e. The van der Waals surface area contributed by atoms with Crippen LogP contribution >= 0.6 is 0 Å². The molecule has 0 aromatic carbocycles. The van der Waals surface area contributed by atoms with Crippen LogP contribution in [-0.2, 0) is 4.74 Å². The highest BCUT2D eigenvalue weighted by molar-refractivity contribution is 5.42. The normalized spacial score (nSPS) is 25.8. The van der Waals surface area contributed by atoms with Gasteiger partial charge in [-0.25, -0.2) is 4.98 Å². The smallest absolute Gasteiger partial charge is 0.129 e. The Morgan fingerprint density at radius 3 is 3.12 bits per heavy atom. The van der Waals surface area contributed by atoms with Crippen LogP contribution in [-0.4, -0.2) is 42.0 Å². The SMILES string of the molecule is Cc1ccnc(N2CC(CO)OCC2C)c1. The molecule has 1 aliphatic rings. The van der Waals surface area contributed by atoms with Gasteiger partial charge in [0.15, 0.2) is 0 Å². The molecule has 2 atom stereocenters. The van der Waals surface area contributed by atoms with Gasteiger partial charge in [-0.15, -0.1) is 0 Å². The fourth-order valence-corrected chi connectivity index (χ4v) is 1.92. The van der Waals surface area contributed by atoms with Gasteiger partial charge in [-0.1, -0.05) is 0 Å². The standard InChI is InChI=1S/C12H18N2O2/c1-9-3-4-13-12(5-9)14-6-11(7-15)16-8-10(14)2/h3-5,10-11,15H,6-8H2,1-2H3. The minimum absolute atomic E-state index is 0.0645. The first-order chi connectivity index (χ1) is 7.70. The summed E-state index contributed by atoms with van der Waals surface area (Å²) >= 11 is 0. The van der Waals surface area contributed by atoms with Crippen LogP contribution in [0.2, 0.25) is 0 Å². The van der Waals surface area contributed by atoms with E-state index < -0.39 is 0 Å². The number of aliphatic hydroxyl groups excluding tert-OH is 1. The van der Waals surface area contributed by atoms with Crippen molar-refractivity contribution in [1.82, 2.24) is 4.98 Å². The third-order valence-corrected chi connectivity index (χ3v) is 2.90. The number of rotatable bonds is 2. The summed E-state index contributed by atoms with van der Waals surface area (Å²) in [5.74, 6) is 0.967. The summed E-state index contributed by atoms with van der Waals surface area (Å²) in [6.45, 7) is 5.57. The Morgan fingerprint density at radius 1 is 1.62 bits per heavy atom. The van der Waals surface area contributed by atoms with Crippen LogP contribution in [0.15, 0.2) is 18.3 Å². The molecule has 0 radical (unpaired) electrons. The molecule has 1 aromatic heterocycles. The van der Waals surface area contributed by atoms with Crippen molar-refractivity contribution in [3.05, 3.63) is 23.9 Å². The van der Waals surface area contributed by atoms with Gasteiger partial charge in [-0.05, 0) is 31.5 Å². The Morgan fingerprint density at radius 2 is 2.44 bits per heavy atom. The Kier molecular flexibility index (Phi) is 3.41. The lowest BCUT2D eigenvalue weighted by Gasteiger charge is -2.38. The van der Waals surface area contributed by atoms with Crippen molar-refractivity contribution in [3.63, 3.8) is 0 Å². The summed E-state index contributed by atoms with van der Waals surface area (Å²) in [6, 6.07) is 4.35. The van der Waals surface area contributed by atoms with Gasteiger partial charge in [0.25, 0.3) is 0 Å². The lowest BCUT2D eigenvalue weighted by atomic mass is 10.2. The predicted octanol–water partition coefficient (Wildman–Crippen LogP) is 0.976. The zero-order valence-corrected chi connectivity index (χ0v) is 9.76. The lowest BCUT2D eigenvalue weighted by Crippen LogP contribution is -2.49. The first-order valence-electron chi connectivity index (χ1n) is 5.62. The molecule has 0 amide bonds. The van der Waals surface area contributed by atoms with E-state index in [1.807, 2.05) is 12.3 Å². The van der Waals surface area contributed by atoms with E-state index in [0.29, 0.717) is 19.2 Å². The van der Waals surface area contributed by atoms with Crippen LogP contribution in [0.3, 0.4) is 0 Å². The number of ether oxygens (including phenoxy) is 1. The number of aliphatic hydroxyl groups is 1. The van der Waals surface area contributed by atoms with Crippen LogP contribution in [0, 0.1) is 6.92 Å². The summed E-state index contributed by atoms with van der Waals surface area (Å²) < 4.78 is 5.50. The van der Waals surface area contributed by atoms with Gasteiger partial charge >= 0.3 is 0 Å². The number of pyridine rings is 1.